The first-order chi connectivity index (χ1) is 11.0. The average molecular weight is 335 g/mol. The molecule has 0 saturated carbocycles. The highest BCUT2D eigenvalue weighted by Crippen LogP contribution is 2.20. The van der Waals surface area contributed by atoms with Crippen LogP contribution in [0.4, 0.5) is 0 Å². The molecule has 6 heteroatoms. The molecule has 5 nitrogen and oxygen atoms in total. The lowest BCUT2D eigenvalue weighted by molar-refractivity contribution is 0.0847. The van der Waals surface area contributed by atoms with E-state index in [4.69, 9.17) is 16.3 Å². The van der Waals surface area contributed by atoms with Gasteiger partial charge in [-0.25, -0.2) is 4.98 Å². The van der Waals surface area contributed by atoms with Crippen LogP contribution in [-0.2, 0) is 0 Å². The van der Waals surface area contributed by atoms with Crippen LogP contribution in [0.1, 0.15) is 35.9 Å². The highest BCUT2D eigenvalue weighted by molar-refractivity contribution is 6.30. The molecule has 1 aromatic heterocycles. The number of carbonyl (C=O) groups is 1. The minimum Gasteiger partial charge on any atom is -0.477 e. The first-order valence-electron chi connectivity index (χ1n) is 7.35. The van der Waals surface area contributed by atoms with Crippen molar-refractivity contribution in [3.8, 4) is 5.88 Å². The van der Waals surface area contributed by atoms with Gasteiger partial charge in [0.1, 0.15) is 5.56 Å². The van der Waals surface area contributed by atoms with Crippen molar-refractivity contribution < 1.29 is 14.6 Å². The van der Waals surface area contributed by atoms with Gasteiger partial charge >= 0.3 is 0 Å². The van der Waals surface area contributed by atoms with E-state index in [1.807, 2.05) is 6.92 Å². The number of pyridine rings is 1. The summed E-state index contributed by atoms with van der Waals surface area (Å²) >= 11 is 5.84. The zero-order chi connectivity index (χ0) is 16.8. The molecule has 0 bridgehead atoms. The number of hydrogen-bond acceptors (Lipinski definition) is 4. The SMILES string of the molecule is CCOc1ncccc1C(=O)NC(C)C(O)c1ccc(Cl)cc1. The van der Waals surface area contributed by atoms with Crippen molar-refractivity contribution in [2.24, 2.45) is 0 Å². The molecule has 0 fully saturated rings. The fourth-order valence-electron chi connectivity index (χ4n) is 2.13. The van der Waals surface area contributed by atoms with Crippen LogP contribution >= 0.6 is 11.6 Å². The third-order valence-corrected chi connectivity index (χ3v) is 3.59. The molecule has 23 heavy (non-hydrogen) atoms. The number of nitrogens with one attached hydrogen (secondary N) is 1. The summed E-state index contributed by atoms with van der Waals surface area (Å²) in [4.78, 5) is 16.4. The summed E-state index contributed by atoms with van der Waals surface area (Å²) in [6, 6.07) is 9.66. The van der Waals surface area contributed by atoms with Gasteiger partial charge in [-0.2, -0.15) is 0 Å². The Labute approximate surface area is 140 Å². The van der Waals surface area contributed by atoms with Crippen LogP contribution in [0, 0.1) is 0 Å². The standard InChI is InChI=1S/C17H19ClN2O3/c1-3-23-17-14(5-4-10-19-17)16(22)20-11(2)15(21)12-6-8-13(18)9-7-12/h4-11,15,21H,3H2,1-2H3,(H,20,22). The lowest BCUT2D eigenvalue weighted by Gasteiger charge is -2.21. The van der Waals surface area contributed by atoms with E-state index in [0.717, 1.165) is 0 Å². The van der Waals surface area contributed by atoms with Gasteiger partial charge in [0.15, 0.2) is 0 Å². The second-order valence-corrected chi connectivity index (χ2v) is 5.48. The van der Waals surface area contributed by atoms with Crippen molar-refractivity contribution >= 4 is 17.5 Å². The van der Waals surface area contributed by atoms with Gasteiger partial charge in [0.2, 0.25) is 5.88 Å². The molecule has 2 rings (SSSR count). The molecular weight excluding hydrogens is 316 g/mol. The number of ether oxygens (including phenoxy) is 1. The molecular formula is C17H19ClN2O3. The molecule has 2 unspecified atom stereocenters. The Hall–Kier alpha value is -2.11. The van der Waals surface area contributed by atoms with E-state index < -0.39 is 12.1 Å². The summed E-state index contributed by atoms with van der Waals surface area (Å²) in [6.45, 7) is 3.97. The number of hydrogen-bond donors (Lipinski definition) is 2. The summed E-state index contributed by atoms with van der Waals surface area (Å²) in [5, 5.41) is 13.7. The Morgan fingerprint density at radius 1 is 1.35 bits per heavy atom. The Morgan fingerprint density at radius 2 is 2.04 bits per heavy atom. The molecule has 122 valence electrons. The van der Waals surface area contributed by atoms with Crippen LogP contribution in [-0.4, -0.2) is 28.6 Å². The second-order valence-electron chi connectivity index (χ2n) is 5.05. The number of benzene rings is 1. The first kappa shape index (κ1) is 17.2. The van der Waals surface area contributed by atoms with Crippen LogP contribution in [0.25, 0.3) is 0 Å². The largest absolute Gasteiger partial charge is 0.477 e. The van der Waals surface area contributed by atoms with Crippen molar-refractivity contribution in [3.05, 3.63) is 58.7 Å². The normalized spacial score (nSPS) is 13.2. The number of carbonyl (C=O) groups excluding carboxylic acids is 1. The first-order valence-corrected chi connectivity index (χ1v) is 7.73. The zero-order valence-electron chi connectivity index (χ0n) is 13.0. The van der Waals surface area contributed by atoms with Crippen molar-refractivity contribution in [3.63, 3.8) is 0 Å². The average Bonchev–Trinajstić information content (AvgIpc) is 2.55. The molecule has 0 aliphatic rings. The van der Waals surface area contributed by atoms with Crippen LogP contribution < -0.4 is 10.1 Å². The molecule has 0 radical (unpaired) electrons. The summed E-state index contributed by atoms with van der Waals surface area (Å²) in [5.74, 6) is -0.0669. The Balaban J connectivity index is 2.09. The Bertz CT molecular complexity index is 661. The molecule has 2 N–H and O–H groups in total. The predicted molar refractivity (Wildman–Crippen MR) is 88.7 cm³/mol. The Kier molecular flexibility index (Phi) is 5.96. The third kappa shape index (κ3) is 4.43. The molecule has 0 aliphatic carbocycles. The maximum atomic E-state index is 12.4. The van der Waals surface area contributed by atoms with E-state index in [0.29, 0.717) is 22.8 Å². The molecule has 1 aromatic carbocycles. The van der Waals surface area contributed by atoms with Gasteiger partial charge in [0.05, 0.1) is 18.8 Å². The van der Waals surface area contributed by atoms with E-state index in [9.17, 15) is 9.90 Å². The lowest BCUT2D eigenvalue weighted by atomic mass is 10.0. The number of aliphatic hydroxyl groups excluding tert-OH is 1. The fourth-order valence-corrected chi connectivity index (χ4v) is 2.25. The number of halogens is 1. The maximum absolute atomic E-state index is 12.4. The lowest BCUT2D eigenvalue weighted by Crippen LogP contribution is -2.37. The highest BCUT2D eigenvalue weighted by Gasteiger charge is 2.21. The quantitative estimate of drug-likeness (QED) is 0.852. The molecule has 0 aliphatic heterocycles. The number of aromatic nitrogens is 1. The monoisotopic (exact) mass is 334 g/mol. The van der Waals surface area contributed by atoms with Crippen molar-refractivity contribution in [1.82, 2.24) is 10.3 Å². The van der Waals surface area contributed by atoms with Crippen LogP contribution in [0.15, 0.2) is 42.6 Å². The predicted octanol–water partition coefficient (Wildman–Crippen LogP) is 2.99. The van der Waals surface area contributed by atoms with Gasteiger partial charge < -0.3 is 15.2 Å². The smallest absolute Gasteiger partial charge is 0.257 e. The number of amides is 1. The maximum Gasteiger partial charge on any atom is 0.257 e. The minimum atomic E-state index is -0.844. The third-order valence-electron chi connectivity index (χ3n) is 3.34. The topological polar surface area (TPSA) is 71.5 Å². The van der Waals surface area contributed by atoms with Gasteiger partial charge in [-0.05, 0) is 43.7 Å². The van der Waals surface area contributed by atoms with Gasteiger partial charge in [0, 0.05) is 11.2 Å². The van der Waals surface area contributed by atoms with E-state index in [-0.39, 0.29) is 11.8 Å². The molecule has 0 spiro atoms. The minimum absolute atomic E-state index is 0.278. The molecule has 2 aromatic rings. The van der Waals surface area contributed by atoms with Gasteiger partial charge in [-0.15, -0.1) is 0 Å². The number of nitrogens with zero attached hydrogens (tertiary/aromatic N) is 1. The fraction of sp³-hybridized carbons (Fsp3) is 0.294. The van der Waals surface area contributed by atoms with Crippen molar-refractivity contribution in [2.75, 3.05) is 6.61 Å². The van der Waals surface area contributed by atoms with Crippen molar-refractivity contribution in [1.29, 1.82) is 0 Å². The Morgan fingerprint density at radius 3 is 2.70 bits per heavy atom. The van der Waals surface area contributed by atoms with Crippen LogP contribution in [0.2, 0.25) is 5.02 Å². The summed E-state index contributed by atoms with van der Waals surface area (Å²) < 4.78 is 5.35. The van der Waals surface area contributed by atoms with E-state index in [2.05, 4.69) is 10.3 Å². The van der Waals surface area contributed by atoms with Crippen LogP contribution in [0.3, 0.4) is 0 Å². The number of rotatable bonds is 6. The van der Waals surface area contributed by atoms with E-state index in [1.165, 1.54) is 0 Å². The zero-order valence-corrected chi connectivity index (χ0v) is 13.7. The summed E-state index contributed by atoms with van der Waals surface area (Å²) in [7, 11) is 0. The summed E-state index contributed by atoms with van der Waals surface area (Å²) in [6.07, 6.45) is 0.719. The number of aliphatic hydroxyl groups is 1. The van der Waals surface area contributed by atoms with E-state index >= 15 is 0 Å². The van der Waals surface area contributed by atoms with Gasteiger partial charge in [0.25, 0.3) is 5.91 Å². The summed E-state index contributed by atoms with van der Waals surface area (Å²) in [5.41, 5.74) is 1.02. The van der Waals surface area contributed by atoms with Gasteiger partial charge in [-0.3, -0.25) is 4.79 Å². The molecule has 2 atom stereocenters. The molecule has 1 heterocycles. The second kappa shape index (κ2) is 7.94. The molecule has 0 saturated heterocycles. The van der Waals surface area contributed by atoms with E-state index in [1.54, 1.807) is 49.5 Å². The van der Waals surface area contributed by atoms with Crippen molar-refractivity contribution in [2.45, 2.75) is 26.0 Å². The van der Waals surface area contributed by atoms with Crippen LogP contribution in [0.5, 0.6) is 5.88 Å². The molecule has 1 amide bonds. The highest BCUT2D eigenvalue weighted by atomic mass is 35.5. The van der Waals surface area contributed by atoms with Gasteiger partial charge in [-0.1, -0.05) is 23.7 Å².